The van der Waals surface area contributed by atoms with Crippen LogP contribution in [0.25, 0.3) is 10.9 Å². The minimum Gasteiger partial charge on any atom is -0.393 e. The molecule has 31 heavy (non-hydrogen) atoms. The third kappa shape index (κ3) is 5.44. The number of aliphatic hydroxyl groups is 1. The largest absolute Gasteiger partial charge is 0.393 e. The first-order valence-corrected chi connectivity index (χ1v) is 12.1. The lowest BCUT2D eigenvalue weighted by Gasteiger charge is -2.30. The lowest BCUT2D eigenvalue weighted by atomic mass is 9.82. The Kier molecular flexibility index (Phi) is 7.23. The lowest BCUT2D eigenvalue weighted by Crippen LogP contribution is -2.37. The van der Waals surface area contributed by atoms with E-state index in [4.69, 9.17) is 9.97 Å². The maximum atomic E-state index is 9.96. The molecule has 3 heterocycles. The first kappa shape index (κ1) is 22.2. The van der Waals surface area contributed by atoms with Gasteiger partial charge in [0.1, 0.15) is 5.82 Å². The molecule has 0 radical (unpaired) electrons. The molecule has 1 unspecified atom stereocenters. The molecule has 0 aromatic carbocycles. The maximum absolute atomic E-state index is 9.96. The highest BCUT2D eigenvalue weighted by molar-refractivity contribution is 5.91. The summed E-state index contributed by atoms with van der Waals surface area (Å²) in [5.74, 6) is 1.99. The molecule has 1 aliphatic carbocycles. The number of anilines is 2. The number of aromatic nitrogens is 3. The van der Waals surface area contributed by atoms with Gasteiger partial charge >= 0.3 is 0 Å². The van der Waals surface area contributed by atoms with Gasteiger partial charge in [0.15, 0.2) is 0 Å². The van der Waals surface area contributed by atoms with Crippen molar-refractivity contribution in [3.63, 3.8) is 0 Å². The lowest BCUT2D eigenvalue weighted by molar-refractivity contribution is 0.122. The van der Waals surface area contributed by atoms with E-state index in [2.05, 4.69) is 41.4 Å². The van der Waals surface area contributed by atoms with Crippen molar-refractivity contribution in [2.75, 3.05) is 30.8 Å². The van der Waals surface area contributed by atoms with Crippen LogP contribution in [0.5, 0.6) is 0 Å². The molecular formula is C24H38N6O. The van der Waals surface area contributed by atoms with Crippen LogP contribution >= 0.6 is 0 Å². The third-order valence-corrected chi connectivity index (χ3v) is 6.94. The Bertz CT molecular complexity index is 859. The van der Waals surface area contributed by atoms with Gasteiger partial charge in [-0.2, -0.15) is 0 Å². The van der Waals surface area contributed by atoms with Crippen LogP contribution in [0.4, 0.5) is 11.8 Å². The van der Waals surface area contributed by atoms with Crippen molar-refractivity contribution < 1.29 is 5.11 Å². The van der Waals surface area contributed by atoms with Gasteiger partial charge in [-0.3, -0.25) is 0 Å². The quantitative estimate of drug-likeness (QED) is 0.613. The van der Waals surface area contributed by atoms with Crippen molar-refractivity contribution in [2.24, 2.45) is 0 Å². The minimum atomic E-state index is -0.164. The van der Waals surface area contributed by atoms with Gasteiger partial charge in [-0.25, -0.2) is 15.0 Å². The van der Waals surface area contributed by atoms with Crippen molar-refractivity contribution >= 4 is 22.7 Å². The minimum absolute atomic E-state index is 0.164. The molecule has 4 rings (SSSR count). The van der Waals surface area contributed by atoms with Gasteiger partial charge in [0.2, 0.25) is 5.95 Å². The normalized spacial score (nSPS) is 24.3. The molecule has 1 saturated heterocycles. The predicted molar refractivity (Wildman–Crippen MR) is 127 cm³/mol. The van der Waals surface area contributed by atoms with Crippen LogP contribution < -0.4 is 10.6 Å². The maximum Gasteiger partial charge on any atom is 0.223 e. The van der Waals surface area contributed by atoms with Crippen molar-refractivity contribution in [2.45, 2.75) is 89.3 Å². The summed E-state index contributed by atoms with van der Waals surface area (Å²) < 4.78 is 0. The number of piperidine rings is 1. The Hall–Kier alpha value is -1.99. The second kappa shape index (κ2) is 10.1. The van der Waals surface area contributed by atoms with Crippen LogP contribution in [-0.2, 0) is 0 Å². The van der Waals surface area contributed by atoms with Gasteiger partial charge < -0.3 is 20.6 Å². The van der Waals surface area contributed by atoms with E-state index in [0.29, 0.717) is 23.9 Å². The van der Waals surface area contributed by atoms with Gasteiger partial charge in [0, 0.05) is 30.0 Å². The average Bonchev–Trinajstić information content (AvgIpc) is 2.76. The molecule has 170 valence electrons. The van der Waals surface area contributed by atoms with E-state index in [9.17, 15) is 5.11 Å². The summed E-state index contributed by atoms with van der Waals surface area (Å²) in [7, 11) is 2.18. The molecule has 7 nitrogen and oxygen atoms in total. The molecule has 1 saturated carbocycles. The van der Waals surface area contributed by atoms with E-state index < -0.39 is 0 Å². The Balaban J connectivity index is 1.65. The van der Waals surface area contributed by atoms with Gasteiger partial charge in [-0.15, -0.1) is 0 Å². The Morgan fingerprint density at radius 3 is 2.55 bits per heavy atom. The zero-order chi connectivity index (χ0) is 21.8. The third-order valence-electron chi connectivity index (χ3n) is 6.94. The number of pyridine rings is 1. The number of hydrogen-bond acceptors (Lipinski definition) is 7. The number of aliphatic hydroxyl groups excluding tert-OH is 1. The SMILES string of the molecule is CCCC(C)Nc1ncc2c(NC3CCN(C)CC3)ncc([C@H]3CC[C@H](O)CC3)c2n1. The van der Waals surface area contributed by atoms with Gasteiger partial charge in [-0.1, -0.05) is 13.3 Å². The van der Waals surface area contributed by atoms with Crippen molar-refractivity contribution in [1.82, 2.24) is 19.9 Å². The molecule has 1 aliphatic heterocycles. The fourth-order valence-corrected chi connectivity index (χ4v) is 4.98. The summed E-state index contributed by atoms with van der Waals surface area (Å²) in [6, 6.07) is 0.777. The standard InChI is InChI=1S/C24H38N6O/c1-4-5-16(2)27-24-26-15-21-22(29-24)20(17-6-8-19(31)9-7-17)14-25-23(21)28-18-10-12-30(3)13-11-18/h14-19,31H,4-13H2,1-3H3,(H,25,28)(H,26,27,29)/t16?,17-,19-. The Morgan fingerprint density at radius 2 is 1.84 bits per heavy atom. The predicted octanol–water partition coefficient (Wildman–Crippen LogP) is 4.15. The van der Waals surface area contributed by atoms with Crippen LogP contribution in [-0.4, -0.2) is 63.3 Å². The Morgan fingerprint density at radius 1 is 1.10 bits per heavy atom. The smallest absolute Gasteiger partial charge is 0.223 e. The highest BCUT2D eigenvalue weighted by Crippen LogP contribution is 2.37. The first-order valence-electron chi connectivity index (χ1n) is 12.1. The number of fused-ring (bicyclic) bond motifs is 1. The molecule has 0 amide bonds. The van der Waals surface area contributed by atoms with Crippen LogP contribution in [0.15, 0.2) is 12.4 Å². The fraction of sp³-hybridized carbons (Fsp3) is 0.708. The monoisotopic (exact) mass is 426 g/mol. The highest BCUT2D eigenvalue weighted by Gasteiger charge is 2.25. The number of nitrogens with one attached hydrogen (secondary N) is 2. The molecule has 2 aliphatic rings. The van der Waals surface area contributed by atoms with E-state index in [0.717, 1.165) is 81.2 Å². The van der Waals surface area contributed by atoms with E-state index in [1.807, 2.05) is 12.4 Å². The molecule has 1 atom stereocenters. The summed E-state index contributed by atoms with van der Waals surface area (Å²) >= 11 is 0. The van der Waals surface area contributed by atoms with E-state index in [-0.39, 0.29) is 6.10 Å². The molecule has 2 aromatic heterocycles. The summed E-state index contributed by atoms with van der Waals surface area (Å²) in [4.78, 5) is 16.9. The average molecular weight is 427 g/mol. The molecule has 3 N–H and O–H groups in total. The zero-order valence-electron chi connectivity index (χ0n) is 19.3. The number of hydrogen-bond donors (Lipinski definition) is 3. The van der Waals surface area contributed by atoms with Gasteiger partial charge in [0.05, 0.1) is 17.0 Å². The molecular weight excluding hydrogens is 388 g/mol. The molecule has 2 aromatic rings. The summed E-state index contributed by atoms with van der Waals surface area (Å²) in [6.07, 6.45) is 11.9. The highest BCUT2D eigenvalue weighted by atomic mass is 16.3. The van der Waals surface area contributed by atoms with E-state index in [1.54, 1.807) is 0 Å². The summed E-state index contributed by atoms with van der Waals surface area (Å²) in [5, 5.41) is 18.1. The molecule has 0 bridgehead atoms. The molecule has 0 spiro atoms. The van der Waals surface area contributed by atoms with Crippen LogP contribution in [0, 0.1) is 0 Å². The second-order valence-corrected chi connectivity index (χ2v) is 9.58. The topological polar surface area (TPSA) is 86.2 Å². The number of rotatable bonds is 7. The molecule has 2 fully saturated rings. The summed E-state index contributed by atoms with van der Waals surface area (Å²) in [6.45, 7) is 6.59. The number of nitrogens with zero attached hydrogens (tertiary/aromatic N) is 4. The van der Waals surface area contributed by atoms with Crippen molar-refractivity contribution in [3.05, 3.63) is 18.0 Å². The fourth-order valence-electron chi connectivity index (χ4n) is 4.98. The van der Waals surface area contributed by atoms with Crippen LogP contribution in [0.2, 0.25) is 0 Å². The van der Waals surface area contributed by atoms with Gasteiger partial charge in [0.25, 0.3) is 0 Å². The van der Waals surface area contributed by atoms with Crippen LogP contribution in [0.1, 0.15) is 76.7 Å². The van der Waals surface area contributed by atoms with Crippen molar-refractivity contribution in [1.29, 1.82) is 0 Å². The Labute approximate surface area is 186 Å². The van der Waals surface area contributed by atoms with Gasteiger partial charge in [-0.05, 0) is 77.9 Å². The van der Waals surface area contributed by atoms with Crippen LogP contribution in [0.3, 0.4) is 0 Å². The van der Waals surface area contributed by atoms with E-state index in [1.165, 1.54) is 5.56 Å². The number of likely N-dealkylation sites (tertiary alicyclic amines) is 1. The van der Waals surface area contributed by atoms with Crippen molar-refractivity contribution in [3.8, 4) is 0 Å². The first-order chi connectivity index (χ1) is 15.0. The second-order valence-electron chi connectivity index (χ2n) is 9.58. The molecule has 7 heteroatoms. The van der Waals surface area contributed by atoms with E-state index >= 15 is 0 Å². The zero-order valence-corrected chi connectivity index (χ0v) is 19.3. The summed E-state index contributed by atoms with van der Waals surface area (Å²) in [5.41, 5.74) is 2.21.